The molecule has 2 unspecified atom stereocenters. The third kappa shape index (κ3) is 2.72. The molecule has 0 amide bonds. The summed E-state index contributed by atoms with van der Waals surface area (Å²) in [6.45, 7) is 1.98. The molecule has 0 aliphatic heterocycles. The SMILES string of the molecule is C[C@]12CC[C@H]3[C@@H](CCC4=CC(=O)CC[C@@H]43)[C@@H]1CCC(O)[C@H]2C(O)CO. The normalized spacial score (nSPS) is 48.0. The highest BCUT2D eigenvalue weighted by molar-refractivity contribution is 5.91. The van der Waals surface area contributed by atoms with Gasteiger partial charge in [-0.15, -0.1) is 0 Å². The Morgan fingerprint density at radius 1 is 1.16 bits per heavy atom. The molecule has 140 valence electrons. The highest BCUT2D eigenvalue weighted by atomic mass is 16.3. The van der Waals surface area contributed by atoms with E-state index in [-0.39, 0.29) is 17.9 Å². The summed E-state index contributed by atoms with van der Waals surface area (Å²) >= 11 is 0. The van der Waals surface area contributed by atoms with Gasteiger partial charge in [0, 0.05) is 12.3 Å². The van der Waals surface area contributed by atoms with Crippen LogP contribution in [0, 0.1) is 35.0 Å². The van der Waals surface area contributed by atoms with E-state index in [1.165, 1.54) is 5.57 Å². The van der Waals surface area contributed by atoms with Crippen LogP contribution < -0.4 is 0 Å². The fourth-order valence-electron chi connectivity index (χ4n) is 7.27. The molecule has 0 saturated heterocycles. The Kier molecular flexibility index (Phi) is 4.58. The third-order valence-corrected chi connectivity index (χ3v) is 8.29. The molecule has 8 atom stereocenters. The summed E-state index contributed by atoms with van der Waals surface area (Å²) in [4.78, 5) is 11.8. The van der Waals surface area contributed by atoms with Gasteiger partial charge in [0.05, 0.1) is 18.8 Å². The van der Waals surface area contributed by atoms with Gasteiger partial charge in [-0.3, -0.25) is 4.79 Å². The fourth-order valence-corrected chi connectivity index (χ4v) is 7.27. The summed E-state index contributed by atoms with van der Waals surface area (Å²) in [5, 5.41) is 30.5. The maximum absolute atomic E-state index is 11.8. The summed E-state index contributed by atoms with van der Waals surface area (Å²) in [7, 11) is 0. The Hall–Kier alpha value is -0.710. The first-order valence-electron chi connectivity index (χ1n) is 10.2. The van der Waals surface area contributed by atoms with E-state index in [2.05, 4.69) is 6.92 Å². The summed E-state index contributed by atoms with van der Waals surface area (Å²) in [6, 6.07) is 0. The molecular formula is C21H32O4. The molecule has 0 radical (unpaired) electrons. The summed E-state index contributed by atoms with van der Waals surface area (Å²) in [5.74, 6) is 2.47. The van der Waals surface area contributed by atoms with Crippen molar-refractivity contribution in [2.75, 3.05) is 6.61 Å². The Labute approximate surface area is 150 Å². The number of ketones is 1. The lowest BCUT2D eigenvalue weighted by Crippen LogP contribution is -2.58. The van der Waals surface area contributed by atoms with Crippen molar-refractivity contribution in [1.82, 2.24) is 0 Å². The average molecular weight is 348 g/mol. The van der Waals surface area contributed by atoms with Gasteiger partial charge in [-0.05, 0) is 80.1 Å². The molecule has 4 nitrogen and oxygen atoms in total. The molecular weight excluding hydrogens is 316 g/mol. The van der Waals surface area contributed by atoms with Crippen molar-refractivity contribution in [2.45, 2.75) is 70.5 Å². The summed E-state index contributed by atoms with van der Waals surface area (Å²) < 4.78 is 0. The van der Waals surface area contributed by atoms with Gasteiger partial charge >= 0.3 is 0 Å². The quantitative estimate of drug-likeness (QED) is 0.716. The van der Waals surface area contributed by atoms with Crippen LogP contribution in [0.4, 0.5) is 0 Å². The Morgan fingerprint density at radius 3 is 2.72 bits per heavy atom. The zero-order chi connectivity index (χ0) is 17.8. The second-order valence-electron chi connectivity index (χ2n) is 9.27. The van der Waals surface area contributed by atoms with Gasteiger partial charge in [0.15, 0.2) is 5.78 Å². The van der Waals surface area contributed by atoms with Crippen LogP contribution in [0.2, 0.25) is 0 Å². The van der Waals surface area contributed by atoms with Crippen LogP contribution in [0.1, 0.15) is 58.3 Å². The lowest BCUT2D eigenvalue weighted by Gasteiger charge is -2.60. The van der Waals surface area contributed by atoms with Crippen LogP contribution in [0.5, 0.6) is 0 Å². The number of hydrogen-bond donors (Lipinski definition) is 3. The van der Waals surface area contributed by atoms with E-state index >= 15 is 0 Å². The fraction of sp³-hybridized carbons (Fsp3) is 0.857. The molecule has 0 heterocycles. The van der Waals surface area contributed by atoms with Crippen molar-refractivity contribution in [3.63, 3.8) is 0 Å². The van der Waals surface area contributed by atoms with Crippen molar-refractivity contribution < 1.29 is 20.1 Å². The lowest BCUT2D eigenvalue weighted by molar-refractivity contribution is -0.167. The van der Waals surface area contributed by atoms with Gasteiger partial charge < -0.3 is 15.3 Å². The van der Waals surface area contributed by atoms with Gasteiger partial charge in [0.2, 0.25) is 0 Å². The second kappa shape index (κ2) is 6.47. The Morgan fingerprint density at radius 2 is 1.96 bits per heavy atom. The van der Waals surface area contributed by atoms with Crippen molar-refractivity contribution in [3.05, 3.63) is 11.6 Å². The highest BCUT2D eigenvalue weighted by Gasteiger charge is 2.57. The van der Waals surface area contributed by atoms with Crippen LogP contribution in [0.15, 0.2) is 11.6 Å². The van der Waals surface area contributed by atoms with Crippen molar-refractivity contribution in [3.8, 4) is 0 Å². The standard InChI is InChI=1S/C21H32O4/c1-21-9-8-15-14-5-3-13(23)10-12(14)2-4-16(15)17(21)6-7-18(24)20(21)19(25)11-22/h10,14-20,22,24-25H,2-9,11H2,1H3/t14-,15+,16+,17-,18?,19?,20-,21-/m0/s1. The van der Waals surface area contributed by atoms with Crippen molar-refractivity contribution in [1.29, 1.82) is 0 Å². The molecule has 25 heavy (non-hydrogen) atoms. The zero-order valence-corrected chi connectivity index (χ0v) is 15.2. The molecule has 0 aromatic carbocycles. The molecule has 3 N–H and O–H groups in total. The maximum Gasteiger partial charge on any atom is 0.155 e. The highest BCUT2D eigenvalue weighted by Crippen LogP contribution is 2.62. The Bertz CT molecular complexity index is 566. The first kappa shape index (κ1) is 17.7. The monoisotopic (exact) mass is 348 g/mol. The Balaban J connectivity index is 1.62. The molecule has 3 saturated carbocycles. The molecule has 4 rings (SSSR count). The zero-order valence-electron chi connectivity index (χ0n) is 15.2. The van der Waals surface area contributed by atoms with E-state index < -0.39 is 12.2 Å². The van der Waals surface area contributed by atoms with Crippen LogP contribution in [-0.4, -0.2) is 39.9 Å². The smallest absolute Gasteiger partial charge is 0.155 e. The van der Waals surface area contributed by atoms with Gasteiger partial charge in [-0.25, -0.2) is 0 Å². The lowest BCUT2D eigenvalue weighted by atomic mass is 9.45. The minimum atomic E-state index is -0.828. The molecule has 0 bridgehead atoms. The van der Waals surface area contributed by atoms with Crippen LogP contribution in [0.25, 0.3) is 0 Å². The van der Waals surface area contributed by atoms with E-state index in [9.17, 15) is 20.1 Å². The average Bonchev–Trinajstić information content (AvgIpc) is 2.59. The third-order valence-electron chi connectivity index (χ3n) is 8.29. The second-order valence-corrected chi connectivity index (χ2v) is 9.27. The van der Waals surface area contributed by atoms with E-state index in [4.69, 9.17) is 0 Å². The molecule has 0 spiro atoms. The number of carbonyl (C=O) groups excluding carboxylic acids is 1. The molecule has 4 heteroatoms. The summed E-state index contributed by atoms with van der Waals surface area (Å²) in [6.07, 6.45) is 8.38. The van der Waals surface area contributed by atoms with Crippen molar-refractivity contribution in [2.24, 2.45) is 35.0 Å². The largest absolute Gasteiger partial charge is 0.394 e. The molecule has 0 aromatic rings. The number of carbonyl (C=O) groups is 1. The van der Waals surface area contributed by atoms with Crippen molar-refractivity contribution >= 4 is 5.78 Å². The van der Waals surface area contributed by atoms with Gasteiger partial charge in [-0.2, -0.15) is 0 Å². The topological polar surface area (TPSA) is 77.8 Å². The molecule has 4 aliphatic rings. The number of allylic oxidation sites excluding steroid dienone is 2. The van der Waals surface area contributed by atoms with E-state index in [0.29, 0.717) is 35.9 Å². The predicted octanol–water partition coefficient (Wildman–Crippen LogP) is 2.46. The van der Waals surface area contributed by atoms with E-state index in [0.717, 1.165) is 44.9 Å². The van der Waals surface area contributed by atoms with Gasteiger partial charge in [0.1, 0.15) is 0 Å². The van der Waals surface area contributed by atoms with Crippen LogP contribution in [-0.2, 0) is 4.79 Å². The predicted molar refractivity (Wildman–Crippen MR) is 94.7 cm³/mol. The maximum atomic E-state index is 11.8. The minimum absolute atomic E-state index is 0.0906. The molecule has 4 aliphatic carbocycles. The summed E-state index contributed by atoms with van der Waals surface area (Å²) in [5.41, 5.74) is 1.30. The van der Waals surface area contributed by atoms with E-state index in [1.807, 2.05) is 6.08 Å². The first-order chi connectivity index (χ1) is 12.0. The number of aliphatic hydroxyl groups excluding tert-OH is 3. The number of fused-ring (bicyclic) bond motifs is 5. The van der Waals surface area contributed by atoms with Crippen LogP contribution >= 0.6 is 0 Å². The number of rotatable bonds is 2. The number of hydrogen-bond acceptors (Lipinski definition) is 4. The molecule has 0 aromatic heterocycles. The minimum Gasteiger partial charge on any atom is -0.394 e. The van der Waals surface area contributed by atoms with E-state index in [1.54, 1.807) is 0 Å². The number of aliphatic hydroxyl groups is 3. The van der Waals surface area contributed by atoms with Crippen LogP contribution in [0.3, 0.4) is 0 Å². The molecule has 3 fully saturated rings. The first-order valence-corrected chi connectivity index (χ1v) is 10.2. The van der Waals surface area contributed by atoms with Gasteiger partial charge in [-0.1, -0.05) is 12.5 Å². The van der Waals surface area contributed by atoms with Gasteiger partial charge in [0.25, 0.3) is 0 Å².